The van der Waals surface area contributed by atoms with Crippen LogP contribution in [0.3, 0.4) is 0 Å². The van der Waals surface area contributed by atoms with Gasteiger partial charge in [0, 0.05) is 44.4 Å². The van der Waals surface area contributed by atoms with Gasteiger partial charge in [-0.25, -0.2) is 0 Å². The second-order valence-electron chi connectivity index (χ2n) is 12.6. The number of hydrogen-bond donors (Lipinski definition) is 4. The van der Waals surface area contributed by atoms with Crippen molar-refractivity contribution < 1.29 is 24.0 Å². The molecule has 256 valence electrons. The SMILES string of the molecule is CCn1cc(C(=O)N2CCCCNC(=O)[C@@H](C)NC(=O)[C@H](CC(C)C)NC(=O)[C@@H](Cc3ccccc3)NC(=O)c3ccc(cc3)C2)cn1. The van der Waals surface area contributed by atoms with Crippen molar-refractivity contribution in [2.45, 2.75) is 84.6 Å². The van der Waals surface area contributed by atoms with Crippen LogP contribution in [-0.2, 0) is 33.9 Å². The zero-order chi connectivity index (χ0) is 34.6. The van der Waals surface area contributed by atoms with Crippen LogP contribution in [-0.4, -0.2) is 75.4 Å². The summed E-state index contributed by atoms with van der Waals surface area (Å²) < 4.78 is 1.70. The highest BCUT2D eigenvalue weighted by Gasteiger charge is 2.29. The van der Waals surface area contributed by atoms with Crippen LogP contribution in [0, 0.1) is 5.92 Å². The third kappa shape index (κ3) is 10.2. The van der Waals surface area contributed by atoms with Crippen LogP contribution in [0.1, 0.15) is 78.8 Å². The molecule has 3 aromatic rings. The Morgan fingerprint density at radius 1 is 0.896 bits per heavy atom. The van der Waals surface area contributed by atoms with Gasteiger partial charge in [0.05, 0.1) is 11.8 Å². The van der Waals surface area contributed by atoms with Crippen molar-refractivity contribution in [3.63, 3.8) is 0 Å². The average molecular weight is 658 g/mol. The molecule has 48 heavy (non-hydrogen) atoms. The van der Waals surface area contributed by atoms with Crippen LogP contribution >= 0.6 is 0 Å². The molecule has 0 aliphatic carbocycles. The van der Waals surface area contributed by atoms with E-state index >= 15 is 0 Å². The lowest BCUT2D eigenvalue weighted by Crippen LogP contribution is -2.57. The van der Waals surface area contributed by atoms with Crippen molar-refractivity contribution in [3.05, 3.63) is 89.2 Å². The number of benzene rings is 2. The Morgan fingerprint density at radius 3 is 2.27 bits per heavy atom. The molecule has 2 aliphatic rings. The number of carbonyl (C=O) groups is 5. The lowest BCUT2D eigenvalue weighted by Gasteiger charge is -2.25. The van der Waals surface area contributed by atoms with Gasteiger partial charge in [0.2, 0.25) is 17.7 Å². The predicted octanol–water partition coefficient (Wildman–Crippen LogP) is 2.83. The molecule has 3 heterocycles. The first-order valence-corrected chi connectivity index (χ1v) is 16.7. The fraction of sp³-hybridized carbons (Fsp3) is 0.444. The Balaban J connectivity index is 1.62. The molecule has 0 radical (unpaired) electrons. The molecular formula is C36H47N7O5. The van der Waals surface area contributed by atoms with E-state index in [2.05, 4.69) is 26.4 Å². The minimum absolute atomic E-state index is 0.0645. The van der Waals surface area contributed by atoms with Crippen molar-refractivity contribution in [3.8, 4) is 0 Å². The number of aryl methyl sites for hydroxylation is 1. The number of nitrogens with zero attached hydrogens (tertiary/aromatic N) is 3. The van der Waals surface area contributed by atoms with Gasteiger partial charge in [-0.05, 0) is 62.3 Å². The maximum atomic E-state index is 13.7. The van der Waals surface area contributed by atoms with E-state index in [0.717, 1.165) is 11.1 Å². The normalized spacial score (nSPS) is 20.4. The summed E-state index contributed by atoms with van der Waals surface area (Å²) in [4.78, 5) is 68.7. The van der Waals surface area contributed by atoms with E-state index in [1.807, 2.05) is 51.1 Å². The number of carbonyl (C=O) groups excluding carboxylic acids is 5. The van der Waals surface area contributed by atoms with Crippen LogP contribution in [0.2, 0.25) is 0 Å². The van der Waals surface area contributed by atoms with Gasteiger partial charge in [-0.3, -0.25) is 28.7 Å². The minimum atomic E-state index is -0.978. The van der Waals surface area contributed by atoms with Gasteiger partial charge >= 0.3 is 0 Å². The summed E-state index contributed by atoms with van der Waals surface area (Å²) in [6, 6.07) is 13.5. The van der Waals surface area contributed by atoms with Gasteiger partial charge < -0.3 is 26.2 Å². The van der Waals surface area contributed by atoms with Crippen molar-refractivity contribution in [1.82, 2.24) is 35.9 Å². The molecule has 0 saturated heterocycles. The highest BCUT2D eigenvalue weighted by Crippen LogP contribution is 2.14. The number of rotatable bonds is 6. The molecule has 5 rings (SSSR count). The molecule has 2 aliphatic heterocycles. The van der Waals surface area contributed by atoms with Crippen LogP contribution in [0.5, 0.6) is 0 Å². The van der Waals surface area contributed by atoms with E-state index in [9.17, 15) is 24.0 Å². The molecule has 0 spiro atoms. The maximum absolute atomic E-state index is 13.7. The molecule has 3 atom stereocenters. The van der Waals surface area contributed by atoms with Crippen molar-refractivity contribution in [2.24, 2.45) is 5.92 Å². The third-order valence-corrected chi connectivity index (χ3v) is 8.23. The highest BCUT2D eigenvalue weighted by molar-refractivity contribution is 5.99. The first-order chi connectivity index (χ1) is 23.0. The summed E-state index contributed by atoms with van der Waals surface area (Å²) in [5.74, 6) is -1.88. The predicted molar refractivity (Wildman–Crippen MR) is 182 cm³/mol. The smallest absolute Gasteiger partial charge is 0.257 e. The summed E-state index contributed by atoms with van der Waals surface area (Å²) >= 11 is 0. The van der Waals surface area contributed by atoms with E-state index in [0.29, 0.717) is 56.6 Å². The molecule has 0 fully saturated rings. The highest BCUT2D eigenvalue weighted by atomic mass is 16.2. The van der Waals surface area contributed by atoms with Gasteiger partial charge in [-0.15, -0.1) is 0 Å². The summed E-state index contributed by atoms with van der Waals surface area (Å²) in [5.41, 5.74) is 2.50. The maximum Gasteiger partial charge on any atom is 0.257 e. The van der Waals surface area contributed by atoms with Gasteiger partial charge in [-0.1, -0.05) is 56.3 Å². The lowest BCUT2D eigenvalue weighted by atomic mass is 10.0. The summed E-state index contributed by atoms with van der Waals surface area (Å²) in [6.45, 7) is 9.17. The minimum Gasteiger partial charge on any atom is -0.354 e. The Morgan fingerprint density at radius 2 is 1.60 bits per heavy atom. The number of nitrogens with one attached hydrogen (secondary N) is 4. The molecule has 1 aromatic heterocycles. The fourth-order valence-corrected chi connectivity index (χ4v) is 5.51. The zero-order valence-electron chi connectivity index (χ0n) is 28.2. The van der Waals surface area contributed by atoms with Crippen LogP contribution in [0.15, 0.2) is 67.0 Å². The topological polar surface area (TPSA) is 155 Å². The fourth-order valence-electron chi connectivity index (χ4n) is 5.51. The van der Waals surface area contributed by atoms with E-state index in [1.54, 1.807) is 53.2 Å². The van der Waals surface area contributed by atoms with E-state index in [4.69, 9.17) is 0 Å². The third-order valence-electron chi connectivity index (χ3n) is 8.23. The summed E-state index contributed by atoms with van der Waals surface area (Å²) in [5, 5.41) is 15.6. The van der Waals surface area contributed by atoms with Crippen molar-refractivity contribution in [2.75, 3.05) is 13.1 Å². The Kier molecular flexibility index (Phi) is 12.9. The molecule has 12 heteroatoms. The number of aromatic nitrogens is 2. The number of amides is 5. The standard InChI is InChI=1S/C36H47N7O5/c1-5-43-23-29(21-38-43)36(48)42-18-10-9-17-37-32(44)25(4)39-34(46)30(19-24(2)3)41-35(47)31(20-26-11-7-6-8-12-26)40-33(45)28-15-13-27(22-42)14-16-28/h6-8,11-16,21,23-25,30-31H,5,9-10,17-20,22H2,1-4H3,(H,37,44)(H,39,46)(H,40,45)(H,41,47)/t25-,30+,31-/m1/s1. The second-order valence-corrected chi connectivity index (χ2v) is 12.6. The molecule has 0 unspecified atom stereocenters. The monoisotopic (exact) mass is 657 g/mol. The summed E-state index contributed by atoms with van der Waals surface area (Å²) in [7, 11) is 0. The Bertz CT molecular complexity index is 1550. The molecule has 4 N–H and O–H groups in total. The average Bonchev–Trinajstić information content (AvgIpc) is 3.56. The first kappa shape index (κ1) is 35.8. The molecule has 2 bridgehead atoms. The lowest BCUT2D eigenvalue weighted by molar-refractivity contribution is -0.132. The largest absolute Gasteiger partial charge is 0.354 e. The van der Waals surface area contributed by atoms with Crippen molar-refractivity contribution >= 4 is 29.5 Å². The first-order valence-electron chi connectivity index (χ1n) is 16.7. The molecule has 12 nitrogen and oxygen atoms in total. The van der Waals surface area contributed by atoms with E-state index < -0.39 is 35.8 Å². The van der Waals surface area contributed by atoms with Crippen LogP contribution in [0.4, 0.5) is 0 Å². The van der Waals surface area contributed by atoms with Gasteiger partial charge in [0.1, 0.15) is 18.1 Å². The van der Waals surface area contributed by atoms with Crippen molar-refractivity contribution in [1.29, 1.82) is 0 Å². The molecule has 0 saturated carbocycles. The van der Waals surface area contributed by atoms with Gasteiger partial charge in [-0.2, -0.15) is 5.10 Å². The molecule has 5 amide bonds. The number of hydrogen-bond acceptors (Lipinski definition) is 6. The van der Waals surface area contributed by atoms with Crippen LogP contribution < -0.4 is 21.3 Å². The number of fused-ring (bicyclic) bond motifs is 18. The Hall–Kier alpha value is -5.00. The van der Waals surface area contributed by atoms with E-state index in [-0.39, 0.29) is 24.2 Å². The molecular weight excluding hydrogens is 610 g/mol. The van der Waals surface area contributed by atoms with Crippen LogP contribution in [0.25, 0.3) is 0 Å². The second kappa shape index (κ2) is 17.2. The van der Waals surface area contributed by atoms with E-state index in [1.165, 1.54) is 0 Å². The Labute approximate surface area is 282 Å². The molecule has 2 aromatic carbocycles. The summed E-state index contributed by atoms with van der Waals surface area (Å²) in [6.07, 6.45) is 5.06. The van der Waals surface area contributed by atoms with Gasteiger partial charge in [0.25, 0.3) is 11.8 Å². The quantitative estimate of drug-likeness (QED) is 0.299. The zero-order valence-corrected chi connectivity index (χ0v) is 28.2. The van der Waals surface area contributed by atoms with Gasteiger partial charge in [0.15, 0.2) is 0 Å².